The Morgan fingerprint density at radius 2 is 1.76 bits per heavy atom. The van der Waals surface area contributed by atoms with Gasteiger partial charge in [0.1, 0.15) is 6.54 Å². The van der Waals surface area contributed by atoms with E-state index < -0.39 is 17.2 Å². The van der Waals surface area contributed by atoms with Crippen molar-refractivity contribution < 1.29 is 9.59 Å². The predicted octanol–water partition coefficient (Wildman–Crippen LogP) is 3.19. The van der Waals surface area contributed by atoms with Crippen LogP contribution >= 0.6 is 24.2 Å². The lowest BCUT2D eigenvalue weighted by atomic mass is 10.2. The lowest BCUT2D eigenvalue weighted by Crippen LogP contribution is -2.43. The van der Waals surface area contributed by atoms with Crippen molar-refractivity contribution in [2.75, 3.05) is 5.32 Å². The first-order valence-electron chi connectivity index (χ1n) is 11.1. The second-order valence-corrected chi connectivity index (χ2v) is 9.27. The van der Waals surface area contributed by atoms with Crippen LogP contribution in [0.1, 0.15) is 32.1 Å². The molecule has 2 amide bonds. The van der Waals surface area contributed by atoms with Crippen LogP contribution in [0.2, 0.25) is 5.02 Å². The molecule has 4 rings (SSSR count). The molecule has 1 saturated carbocycles. The highest BCUT2D eigenvalue weighted by atomic mass is 35.5. The number of carbonyl (C=O) groups is 2. The summed E-state index contributed by atoms with van der Waals surface area (Å²) in [6.07, 6.45) is 4.08. The number of halogens is 1. The summed E-state index contributed by atoms with van der Waals surface area (Å²) >= 11 is 10.3. The van der Waals surface area contributed by atoms with Crippen molar-refractivity contribution in [3.8, 4) is 0 Å². The molecule has 0 bridgehead atoms. The second-order valence-electron chi connectivity index (χ2n) is 8.35. The summed E-state index contributed by atoms with van der Waals surface area (Å²) < 4.78 is 2.26. The van der Waals surface area contributed by atoms with Gasteiger partial charge in [-0.3, -0.25) is 23.5 Å². The topological polar surface area (TPSA) is 102 Å². The number of carbonyl (C=O) groups excluding carboxylic acids is 2. The van der Waals surface area contributed by atoms with Crippen molar-refractivity contribution >= 4 is 52.6 Å². The molecule has 0 atom stereocenters. The maximum Gasteiger partial charge on any atom is 0.331 e. The molecule has 1 heterocycles. The van der Waals surface area contributed by atoms with Crippen LogP contribution in [0.25, 0.3) is 10.9 Å². The molecule has 3 aromatic rings. The van der Waals surface area contributed by atoms with Crippen LogP contribution in [0.5, 0.6) is 0 Å². The summed E-state index contributed by atoms with van der Waals surface area (Å²) in [6, 6.07) is 11.6. The number of aromatic nitrogens is 2. The van der Waals surface area contributed by atoms with Crippen LogP contribution < -0.4 is 21.9 Å². The fraction of sp³-hybridized carbons (Fsp3) is 0.333. The maximum atomic E-state index is 13.2. The zero-order valence-electron chi connectivity index (χ0n) is 18.4. The fourth-order valence-corrected chi connectivity index (χ4v) is 4.61. The molecular weight excluding hydrogens is 476 g/mol. The minimum absolute atomic E-state index is 0.00170. The van der Waals surface area contributed by atoms with Gasteiger partial charge in [-0.1, -0.05) is 36.6 Å². The van der Waals surface area contributed by atoms with E-state index in [2.05, 4.69) is 23.3 Å². The summed E-state index contributed by atoms with van der Waals surface area (Å²) in [5.41, 5.74) is -0.380. The third kappa shape index (κ3) is 5.37. The first-order valence-corrected chi connectivity index (χ1v) is 12.0. The Morgan fingerprint density at radius 1 is 1.03 bits per heavy atom. The van der Waals surface area contributed by atoms with E-state index in [0.29, 0.717) is 26.5 Å². The van der Waals surface area contributed by atoms with Crippen LogP contribution in [-0.2, 0) is 22.7 Å². The first kappa shape index (κ1) is 24.1. The molecule has 0 spiro atoms. The average molecular weight is 501 g/mol. The van der Waals surface area contributed by atoms with E-state index in [1.165, 1.54) is 4.57 Å². The van der Waals surface area contributed by atoms with Crippen LogP contribution in [0.15, 0.2) is 56.9 Å². The van der Waals surface area contributed by atoms with Crippen molar-refractivity contribution in [2.45, 2.75) is 56.1 Å². The van der Waals surface area contributed by atoms with Crippen molar-refractivity contribution in [2.24, 2.45) is 0 Å². The predicted molar refractivity (Wildman–Crippen MR) is 135 cm³/mol. The van der Waals surface area contributed by atoms with E-state index in [-0.39, 0.29) is 31.5 Å². The standard InChI is InChI=1S/C24H25ClN4O4S/c25-15-9-10-20(34)18(13-15)27-22(31)14-29-19-8-4-3-7-17(19)23(32)28(24(29)33)12-11-21(30)26-16-5-1-2-6-16/h3-4,7-10,13,16,34H,1-2,5-6,11-12,14H2,(H,26,30)(H,27,31). The largest absolute Gasteiger partial charge is 0.353 e. The number of hydrogen-bond donors (Lipinski definition) is 3. The van der Waals surface area contributed by atoms with Crippen molar-refractivity contribution in [3.05, 3.63) is 68.3 Å². The Bertz CT molecular complexity index is 1360. The molecule has 2 aromatic carbocycles. The Morgan fingerprint density at radius 3 is 2.53 bits per heavy atom. The summed E-state index contributed by atoms with van der Waals surface area (Å²) in [6.45, 7) is -0.397. The van der Waals surface area contributed by atoms with Crippen LogP contribution in [0.3, 0.4) is 0 Å². The van der Waals surface area contributed by atoms with Gasteiger partial charge < -0.3 is 10.6 Å². The molecule has 10 heteroatoms. The molecule has 0 radical (unpaired) electrons. The molecule has 1 aliphatic rings. The van der Waals surface area contributed by atoms with Crippen LogP contribution in [0.4, 0.5) is 5.69 Å². The zero-order valence-corrected chi connectivity index (χ0v) is 20.1. The van der Waals surface area contributed by atoms with Gasteiger partial charge in [-0.15, -0.1) is 12.6 Å². The average Bonchev–Trinajstić information content (AvgIpc) is 3.32. The second kappa shape index (κ2) is 10.5. The first-order chi connectivity index (χ1) is 16.3. The fourth-order valence-electron chi connectivity index (χ4n) is 4.25. The Labute approximate surface area is 206 Å². The Hall–Kier alpha value is -3.04. The van der Waals surface area contributed by atoms with Gasteiger partial charge in [-0.05, 0) is 43.2 Å². The number of nitrogens with zero attached hydrogens (tertiary/aromatic N) is 2. The summed E-state index contributed by atoms with van der Waals surface area (Å²) in [4.78, 5) is 51.9. The number of thiol groups is 1. The monoisotopic (exact) mass is 500 g/mol. The lowest BCUT2D eigenvalue weighted by molar-refractivity contribution is -0.122. The van der Waals surface area contributed by atoms with E-state index >= 15 is 0 Å². The third-order valence-corrected chi connectivity index (χ3v) is 6.57. The molecular formula is C24H25ClN4O4S. The molecule has 1 aliphatic carbocycles. The molecule has 0 unspecified atom stereocenters. The number of para-hydroxylation sites is 1. The third-order valence-electron chi connectivity index (χ3n) is 5.95. The van der Waals surface area contributed by atoms with Crippen molar-refractivity contribution in [1.29, 1.82) is 0 Å². The quantitative estimate of drug-likeness (QED) is 0.433. The minimum atomic E-state index is -0.648. The van der Waals surface area contributed by atoms with E-state index in [4.69, 9.17) is 11.6 Å². The summed E-state index contributed by atoms with van der Waals surface area (Å²) in [5, 5.41) is 6.39. The number of benzene rings is 2. The van der Waals surface area contributed by atoms with Crippen molar-refractivity contribution in [1.82, 2.24) is 14.5 Å². The zero-order chi connectivity index (χ0) is 24.2. The molecule has 178 valence electrons. The number of rotatable bonds is 7. The number of fused-ring (bicyclic) bond motifs is 1. The summed E-state index contributed by atoms with van der Waals surface area (Å²) in [5.74, 6) is -0.674. The van der Waals surface area contributed by atoms with Gasteiger partial charge >= 0.3 is 5.69 Å². The maximum absolute atomic E-state index is 13.2. The molecule has 2 N–H and O–H groups in total. The number of anilines is 1. The molecule has 0 saturated heterocycles. The van der Waals surface area contributed by atoms with Crippen molar-refractivity contribution in [3.63, 3.8) is 0 Å². The number of hydrogen-bond acceptors (Lipinski definition) is 5. The van der Waals surface area contributed by atoms with E-state index in [0.717, 1.165) is 30.3 Å². The molecule has 8 nitrogen and oxygen atoms in total. The lowest BCUT2D eigenvalue weighted by Gasteiger charge is -2.15. The van der Waals surface area contributed by atoms with E-state index in [9.17, 15) is 19.2 Å². The van der Waals surface area contributed by atoms with E-state index in [1.807, 2.05) is 0 Å². The minimum Gasteiger partial charge on any atom is -0.353 e. The van der Waals surface area contributed by atoms with Gasteiger partial charge in [0, 0.05) is 28.9 Å². The van der Waals surface area contributed by atoms with Gasteiger partial charge in [0.25, 0.3) is 5.56 Å². The Balaban J connectivity index is 1.60. The highest BCUT2D eigenvalue weighted by Gasteiger charge is 2.19. The highest BCUT2D eigenvalue weighted by molar-refractivity contribution is 7.80. The van der Waals surface area contributed by atoms with Gasteiger partial charge in [0.2, 0.25) is 11.8 Å². The highest BCUT2D eigenvalue weighted by Crippen LogP contribution is 2.24. The van der Waals surface area contributed by atoms with Crippen LogP contribution in [0, 0.1) is 0 Å². The molecule has 0 aliphatic heterocycles. The van der Waals surface area contributed by atoms with Gasteiger partial charge in [0.05, 0.1) is 16.6 Å². The number of nitrogens with one attached hydrogen (secondary N) is 2. The van der Waals surface area contributed by atoms with Gasteiger partial charge in [-0.25, -0.2) is 4.79 Å². The van der Waals surface area contributed by atoms with Gasteiger partial charge in [0.15, 0.2) is 0 Å². The molecule has 1 fully saturated rings. The summed E-state index contributed by atoms with van der Waals surface area (Å²) in [7, 11) is 0. The van der Waals surface area contributed by atoms with E-state index in [1.54, 1.807) is 42.5 Å². The number of amides is 2. The smallest absolute Gasteiger partial charge is 0.331 e. The SMILES string of the molecule is O=C(Cn1c(=O)n(CCC(=O)NC2CCCC2)c(=O)c2ccccc21)Nc1cc(Cl)ccc1S. The Kier molecular flexibility index (Phi) is 7.43. The normalized spacial score (nSPS) is 13.8. The molecule has 1 aromatic heterocycles. The van der Waals surface area contributed by atoms with Gasteiger partial charge in [-0.2, -0.15) is 0 Å². The van der Waals surface area contributed by atoms with Crippen LogP contribution in [-0.4, -0.2) is 27.0 Å². The molecule has 34 heavy (non-hydrogen) atoms.